The van der Waals surface area contributed by atoms with Crippen LogP contribution in [0.3, 0.4) is 0 Å². The summed E-state index contributed by atoms with van der Waals surface area (Å²) in [5.74, 6) is 0.227. The number of pyridine rings is 1. The minimum Gasteiger partial charge on any atom is -0.494 e. The number of benzene rings is 1. The maximum Gasteiger partial charge on any atom is 0.257 e. The topological polar surface area (TPSA) is 109 Å². The van der Waals surface area contributed by atoms with Crippen molar-refractivity contribution in [2.24, 2.45) is 5.92 Å². The number of aromatic nitrogens is 1. The van der Waals surface area contributed by atoms with Gasteiger partial charge in [0.05, 0.1) is 18.4 Å². The van der Waals surface area contributed by atoms with Crippen LogP contribution >= 0.6 is 0 Å². The number of hydrogen-bond donors (Lipinski definition) is 3. The summed E-state index contributed by atoms with van der Waals surface area (Å²) in [6.07, 6.45) is 5.87. The van der Waals surface area contributed by atoms with Gasteiger partial charge in [-0.2, -0.15) is 0 Å². The van der Waals surface area contributed by atoms with Crippen LogP contribution < -0.4 is 20.7 Å². The zero-order valence-electron chi connectivity index (χ0n) is 16.2. The van der Waals surface area contributed by atoms with Gasteiger partial charge in [-0.15, -0.1) is 0 Å². The molecule has 152 valence electrons. The predicted octanol–water partition coefficient (Wildman–Crippen LogP) is 2.59. The van der Waals surface area contributed by atoms with Crippen molar-refractivity contribution in [1.29, 1.82) is 0 Å². The van der Waals surface area contributed by atoms with E-state index in [1.165, 1.54) is 13.3 Å². The van der Waals surface area contributed by atoms with Crippen molar-refractivity contribution in [2.45, 2.75) is 25.7 Å². The normalized spacial score (nSPS) is 12.7. The molecule has 1 aromatic heterocycles. The molecule has 0 radical (unpaired) electrons. The van der Waals surface area contributed by atoms with Gasteiger partial charge in [-0.3, -0.25) is 19.4 Å². The summed E-state index contributed by atoms with van der Waals surface area (Å²) in [5, 5.41) is 8.40. The van der Waals surface area contributed by atoms with Gasteiger partial charge in [0, 0.05) is 43.0 Å². The van der Waals surface area contributed by atoms with Crippen molar-refractivity contribution in [3.8, 4) is 5.75 Å². The van der Waals surface area contributed by atoms with E-state index in [0.717, 1.165) is 12.8 Å². The first kappa shape index (κ1) is 20.3. The fourth-order valence-electron chi connectivity index (χ4n) is 2.74. The molecule has 0 bridgehead atoms. The number of hydrogen-bond acceptors (Lipinski definition) is 5. The number of carbonyl (C=O) groups is 3. The Balaban J connectivity index is 1.50. The molecule has 0 unspecified atom stereocenters. The van der Waals surface area contributed by atoms with E-state index in [1.54, 1.807) is 36.5 Å². The molecule has 1 aromatic carbocycles. The first-order valence-corrected chi connectivity index (χ1v) is 9.54. The molecule has 0 aliphatic heterocycles. The van der Waals surface area contributed by atoms with E-state index in [1.807, 2.05) is 0 Å². The van der Waals surface area contributed by atoms with E-state index in [0.29, 0.717) is 42.1 Å². The van der Waals surface area contributed by atoms with Crippen molar-refractivity contribution in [3.63, 3.8) is 0 Å². The SMILES string of the molecule is COc1cc(NC(=O)CCCNC(=O)C2CC2)ccc1NC(=O)c1cccnc1. The first-order valence-electron chi connectivity index (χ1n) is 9.54. The van der Waals surface area contributed by atoms with E-state index < -0.39 is 0 Å². The summed E-state index contributed by atoms with van der Waals surface area (Å²) in [6.45, 7) is 0.491. The summed E-state index contributed by atoms with van der Waals surface area (Å²) >= 11 is 0. The second-order valence-corrected chi connectivity index (χ2v) is 6.83. The summed E-state index contributed by atoms with van der Waals surface area (Å²) in [6, 6.07) is 8.34. The van der Waals surface area contributed by atoms with Gasteiger partial charge in [0.25, 0.3) is 5.91 Å². The molecule has 2 aromatic rings. The summed E-state index contributed by atoms with van der Waals surface area (Å²) in [5.41, 5.74) is 1.48. The van der Waals surface area contributed by atoms with Gasteiger partial charge in [-0.1, -0.05) is 0 Å². The van der Waals surface area contributed by atoms with Gasteiger partial charge in [0.1, 0.15) is 5.75 Å². The molecule has 3 N–H and O–H groups in total. The molecule has 8 heteroatoms. The van der Waals surface area contributed by atoms with Crippen LogP contribution in [0.2, 0.25) is 0 Å². The number of nitrogens with one attached hydrogen (secondary N) is 3. The predicted molar refractivity (Wildman–Crippen MR) is 109 cm³/mol. The third-order valence-electron chi connectivity index (χ3n) is 4.49. The lowest BCUT2D eigenvalue weighted by Gasteiger charge is -2.13. The second-order valence-electron chi connectivity index (χ2n) is 6.83. The lowest BCUT2D eigenvalue weighted by Crippen LogP contribution is -2.26. The highest BCUT2D eigenvalue weighted by atomic mass is 16.5. The second kappa shape index (κ2) is 9.68. The molecule has 0 atom stereocenters. The zero-order valence-corrected chi connectivity index (χ0v) is 16.2. The molecular weight excluding hydrogens is 372 g/mol. The van der Waals surface area contributed by atoms with E-state index in [9.17, 15) is 14.4 Å². The number of carbonyl (C=O) groups excluding carboxylic acids is 3. The van der Waals surface area contributed by atoms with Crippen molar-refractivity contribution in [1.82, 2.24) is 10.3 Å². The Kier molecular flexibility index (Phi) is 6.78. The molecule has 3 amide bonds. The van der Waals surface area contributed by atoms with Gasteiger partial charge in [-0.05, 0) is 43.5 Å². The molecule has 3 rings (SSSR count). The lowest BCUT2D eigenvalue weighted by atomic mass is 10.2. The van der Waals surface area contributed by atoms with Crippen molar-refractivity contribution in [2.75, 3.05) is 24.3 Å². The van der Waals surface area contributed by atoms with Crippen LogP contribution in [0.4, 0.5) is 11.4 Å². The van der Waals surface area contributed by atoms with Crippen LogP contribution in [0.15, 0.2) is 42.7 Å². The van der Waals surface area contributed by atoms with Crippen LogP contribution in [0.1, 0.15) is 36.0 Å². The third-order valence-corrected chi connectivity index (χ3v) is 4.49. The first-order chi connectivity index (χ1) is 14.1. The van der Waals surface area contributed by atoms with Crippen LogP contribution in [0, 0.1) is 5.92 Å². The third kappa shape index (κ3) is 6.03. The Morgan fingerprint density at radius 1 is 1.17 bits per heavy atom. The van der Waals surface area contributed by atoms with Gasteiger partial charge in [-0.25, -0.2) is 0 Å². The average molecular weight is 396 g/mol. The average Bonchev–Trinajstić information content (AvgIpc) is 3.58. The Morgan fingerprint density at radius 2 is 2.00 bits per heavy atom. The largest absolute Gasteiger partial charge is 0.494 e. The molecule has 1 saturated carbocycles. The fourth-order valence-corrected chi connectivity index (χ4v) is 2.74. The van der Waals surface area contributed by atoms with E-state index in [4.69, 9.17) is 4.74 Å². The standard InChI is InChI=1S/C21H24N4O4/c1-29-18-12-16(24-19(26)5-3-11-23-20(27)14-6-7-14)8-9-17(18)25-21(28)15-4-2-10-22-13-15/h2,4,8-10,12-14H,3,5-7,11H2,1H3,(H,23,27)(H,24,26)(H,25,28). The quantitative estimate of drug-likeness (QED) is 0.565. The number of methoxy groups -OCH3 is 1. The molecule has 8 nitrogen and oxygen atoms in total. The number of rotatable bonds is 9. The molecule has 29 heavy (non-hydrogen) atoms. The summed E-state index contributed by atoms with van der Waals surface area (Å²) in [7, 11) is 1.49. The maximum absolute atomic E-state index is 12.3. The van der Waals surface area contributed by atoms with Crippen LogP contribution in [0.25, 0.3) is 0 Å². The Labute approximate surface area is 169 Å². The fraction of sp³-hybridized carbons (Fsp3) is 0.333. The monoisotopic (exact) mass is 396 g/mol. The summed E-state index contributed by atoms with van der Waals surface area (Å²) < 4.78 is 5.33. The molecular formula is C21H24N4O4. The highest BCUT2D eigenvalue weighted by molar-refractivity contribution is 6.05. The van der Waals surface area contributed by atoms with Gasteiger partial charge >= 0.3 is 0 Å². The minimum atomic E-state index is -0.304. The van der Waals surface area contributed by atoms with Crippen molar-refractivity contribution < 1.29 is 19.1 Å². The highest BCUT2D eigenvalue weighted by Gasteiger charge is 2.28. The lowest BCUT2D eigenvalue weighted by molar-refractivity contribution is -0.122. The smallest absolute Gasteiger partial charge is 0.257 e. The molecule has 1 aliphatic rings. The summed E-state index contributed by atoms with van der Waals surface area (Å²) in [4.78, 5) is 39.9. The van der Waals surface area contributed by atoms with E-state index >= 15 is 0 Å². The van der Waals surface area contributed by atoms with Gasteiger partial charge < -0.3 is 20.7 Å². The molecule has 0 saturated heterocycles. The van der Waals surface area contributed by atoms with Crippen molar-refractivity contribution in [3.05, 3.63) is 48.3 Å². The van der Waals surface area contributed by atoms with Crippen molar-refractivity contribution >= 4 is 29.1 Å². The van der Waals surface area contributed by atoms with Gasteiger partial charge in [0.15, 0.2) is 0 Å². The Bertz CT molecular complexity index is 882. The Morgan fingerprint density at radius 3 is 2.69 bits per heavy atom. The number of ether oxygens (including phenoxy) is 1. The number of amides is 3. The molecule has 1 heterocycles. The molecule has 1 fully saturated rings. The highest BCUT2D eigenvalue weighted by Crippen LogP contribution is 2.29. The van der Waals surface area contributed by atoms with Crippen LogP contribution in [-0.4, -0.2) is 36.4 Å². The van der Waals surface area contributed by atoms with Gasteiger partial charge in [0.2, 0.25) is 11.8 Å². The van der Waals surface area contributed by atoms with Crippen LogP contribution in [0.5, 0.6) is 5.75 Å². The minimum absolute atomic E-state index is 0.0825. The van der Waals surface area contributed by atoms with E-state index in [2.05, 4.69) is 20.9 Å². The Hall–Kier alpha value is -3.42. The maximum atomic E-state index is 12.3. The number of nitrogens with zero attached hydrogens (tertiary/aromatic N) is 1. The number of anilines is 2. The zero-order chi connectivity index (χ0) is 20.6. The van der Waals surface area contributed by atoms with Crippen LogP contribution in [-0.2, 0) is 9.59 Å². The molecule has 0 spiro atoms. The molecule has 1 aliphatic carbocycles. The van der Waals surface area contributed by atoms with E-state index in [-0.39, 0.29) is 23.6 Å².